The molecule has 0 saturated carbocycles. The van der Waals surface area contributed by atoms with Crippen molar-refractivity contribution in [3.63, 3.8) is 0 Å². The summed E-state index contributed by atoms with van der Waals surface area (Å²) in [5.74, 6) is 1.54. The number of aryl methyl sites for hydroxylation is 1. The topological polar surface area (TPSA) is 77.2 Å². The molecule has 1 N–H and O–H groups in total. The molecular formula is C12H13N3O3. The van der Waals surface area contributed by atoms with Gasteiger partial charge in [0, 0.05) is 12.4 Å². The molecule has 6 heteroatoms. The summed E-state index contributed by atoms with van der Waals surface area (Å²) in [6.07, 6.45) is 3.26. The Morgan fingerprint density at radius 1 is 1.39 bits per heavy atom. The lowest BCUT2D eigenvalue weighted by Crippen LogP contribution is -2.16. The molecule has 0 aromatic carbocycles. The number of aromatic nitrogens is 2. The lowest BCUT2D eigenvalue weighted by atomic mass is 10.3. The molecule has 2 heterocycles. The van der Waals surface area contributed by atoms with Crippen molar-refractivity contribution in [1.82, 2.24) is 9.97 Å². The number of rotatable bonds is 4. The molecule has 2 rings (SSSR count). The van der Waals surface area contributed by atoms with E-state index in [-0.39, 0.29) is 12.5 Å². The van der Waals surface area contributed by atoms with Crippen LogP contribution < -0.4 is 5.32 Å². The van der Waals surface area contributed by atoms with Crippen LogP contribution in [0.5, 0.6) is 0 Å². The van der Waals surface area contributed by atoms with Gasteiger partial charge >= 0.3 is 5.97 Å². The van der Waals surface area contributed by atoms with Crippen molar-refractivity contribution in [2.45, 2.75) is 6.92 Å². The van der Waals surface area contributed by atoms with E-state index in [4.69, 9.17) is 4.42 Å². The minimum absolute atomic E-state index is 0.0374. The molecule has 6 nitrogen and oxygen atoms in total. The zero-order chi connectivity index (χ0) is 13.0. The third-order valence-electron chi connectivity index (χ3n) is 2.30. The van der Waals surface area contributed by atoms with Gasteiger partial charge < -0.3 is 14.5 Å². The predicted octanol–water partition coefficient (Wildman–Crippen LogP) is 1.63. The van der Waals surface area contributed by atoms with Gasteiger partial charge in [0.2, 0.25) is 5.95 Å². The van der Waals surface area contributed by atoms with Crippen molar-refractivity contribution in [1.29, 1.82) is 0 Å². The van der Waals surface area contributed by atoms with Crippen molar-refractivity contribution in [2.75, 3.05) is 19.0 Å². The molecule has 0 bridgehead atoms. The summed E-state index contributed by atoms with van der Waals surface area (Å²) in [5.41, 5.74) is 0.784. The second-order valence-corrected chi connectivity index (χ2v) is 3.64. The van der Waals surface area contributed by atoms with Gasteiger partial charge in [0.1, 0.15) is 18.1 Å². The fraction of sp³-hybridized carbons (Fsp3) is 0.250. The molecular weight excluding hydrogens is 234 g/mol. The number of hydrogen-bond acceptors (Lipinski definition) is 6. The zero-order valence-corrected chi connectivity index (χ0v) is 10.1. The number of ether oxygens (including phenoxy) is 1. The van der Waals surface area contributed by atoms with Crippen LogP contribution in [0, 0.1) is 6.92 Å². The number of methoxy groups -OCH3 is 1. The highest BCUT2D eigenvalue weighted by atomic mass is 16.5. The molecule has 18 heavy (non-hydrogen) atoms. The Bertz CT molecular complexity index is 534. The van der Waals surface area contributed by atoms with E-state index in [1.165, 1.54) is 7.11 Å². The first kappa shape index (κ1) is 12.1. The largest absolute Gasteiger partial charge is 0.468 e. The molecule has 94 valence electrons. The number of esters is 1. The van der Waals surface area contributed by atoms with Crippen molar-refractivity contribution in [3.8, 4) is 11.3 Å². The number of hydrogen-bond donors (Lipinski definition) is 1. The van der Waals surface area contributed by atoms with Crippen LogP contribution >= 0.6 is 0 Å². The third kappa shape index (κ3) is 2.85. The van der Waals surface area contributed by atoms with E-state index in [1.807, 2.05) is 19.1 Å². The molecule has 0 radical (unpaired) electrons. The average Bonchev–Trinajstić information content (AvgIpc) is 2.83. The van der Waals surface area contributed by atoms with Crippen molar-refractivity contribution in [3.05, 3.63) is 30.3 Å². The molecule has 0 spiro atoms. The summed E-state index contributed by atoms with van der Waals surface area (Å²) >= 11 is 0. The monoisotopic (exact) mass is 247 g/mol. The molecule has 0 amide bonds. The van der Waals surface area contributed by atoms with Crippen LogP contribution in [0.1, 0.15) is 5.76 Å². The van der Waals surface area contributed by atoms with Gasteiger partial charge in [0.05, 0.1) is 12.7 Å². The fourth-order valence-corrected chi connectivity index (χ4v) is 1.36. The van der Waals surface area contributed by atoms with Gasteiger partial charge in [-0.25, -0.2) is 9.97 Å². The van der Waals surface area contributed by atoms with Crippen LogP contribution in [0.3, 0.4) is 0 Å². The van der Waals surface area contributed by atoms with E-state index >= 15 is 0 Å². The predicted molar refractivity (Wildman–Crippen MR) is 65.0 cm³/mol. The molecule has 2 aromatic heterocycles. The van der Waals surface area contributed by atoms with Crippen molar-refractivity contribution in [2.24, 2.45) is 0 Å². The van der Waals surface area contributed by atoms with E-state index in [2.05, 4.69) is 20.0 Å². The minimum Gasteiger partial charge on any atom is -0.468 e. The van der Waals surface area contributed by atoms with Crippen LogP contribution in [0.4, 0.5) is 5.95 Å². The Morgan fingerprint density at radius 3 is 2.67 bits per heavy atom. The summed E-state index contributed by atoms with van der Waals surface area (Å²) < 4.78 is 9.95. The van der Waals surface area contributed by atoms with Gasteiger partial charge in [-0.15, -0.1) is 0 Å². The quantitative estimate of drug-likeness (QED) is 0.827. The van der Waals surface area contributed by atoms with E-state index < -0.39 is 0 Å². The highest BCUT2D eigenvalue weighted by Gasteiger charge is 2.05. The third-order valence-corrected chi connectivity index (χ3v) is 2.30. The number of carbonyl (C=O) groups excluding carboxylic acids is 1. The Labute approximate surface area is 104 Å². The normalized spacial score (nSPS) is 10.1. The van der Waals surface area contributed by atoms with Gasteiger partial charge in [0.15, 0.2) is 0 Å². The average molecular weight is 247 g/mol. The highest BCUT2D eigenvalue weighted by Crippen LogP contribution is 2.20. The number of nitrogens with zero attached hydrogens (tertiary/aromatic N) is 2. The number of anilines is 1. The maximum absolute atomic E-state index is 10.9. The minimum atomic E-state index is -0.371. The van der Waals surface area contributed by atoms with Crippen LogP contribution in [-0.4, -0.2) is 29.6 Å². The molecule has 0 saturated heterocycles. The first-order valence-electron chi connectivity index (χ1n) is 5.38. The molecule has 0 aliphatic carbocycles. The van der Waals surface area contributed by atoms with Gasteiger partial charge in [0.25, 0.3) is 0 Å². The second-order valence-electron chi connectivity index (χ2n) is 3.64. The van der Waals surface area contributed by atoms with E-state index in [1.54, 1.807) is 12.4 Å². The smallest absolute Gasteiger partial charge is 0.325 e. The van der Waals surface area contributed by atoms with Crippen LogP contribution in [0.2, 0.25) is 0 Å². The Balaban J connectivity index is 2.03. The van der Waals surface area contributed by atoms with Gasteiger partial charge in [-0.2, -0.15) is 0 Å². The maximum atomic E-state index is 10.9. The molecule has 0 fully saturated rings. The molecule has 0 atom stereocenters. The lowest BCUT2D eigenvalue weighted by Gasteiger charge is -2.03. The second kappa shape index (κ2) is 5.31. The molecule has 0 aliphatic heterocycles. The number of nitrogens with one attached hydrogen (secondary N) is 1. The van der Waals surface area contributed by atoms with Crippen molar-refractivity contribution >= 4 is 11.9 Å². The first-order valence-corrected chi connectivity index (χ1v) is 5.38. The van der Waals surface area contributed by atoms with Gasteiger partial charge in [-0.3, -0.25) is 4.79 Å². The van der Waals surface area contributed by atoms with Crippen LogP contribution in [-0.2, 0) is 9.53 Å². The highest BCUT2D eigenvalue weighted by molar-refractivity contribution is 5.74. The standard InChI is InChI=1S/C12H13N3O3/c1-8-3-4-10(18-8)9-5-13-12(14-6-9)15-7-11(16)17-2/h3-6H,7H2,1-2H3,(H,13,14,15). The van der Waals surface area contributed by atoms with E-state index in [0.29, 0.717) is 11.7 Å². The summed E-state index contributed by atoms with van der Waals surface area (Å²) in [5, 5.41) is 2.75. The molecule has 0 aliphatic rings. The zero-order valence-electron chi connectivity index (χ0n) is 10.1. The van der Waals surface area contributed by atoms with Crippen molar-refractivity contribution < 1.29 is 13.9 Å². The first-order chi connectivity index (χ1) is 8.69. The SMILES string of the molecule is COC(=O)CNc1ncc(-c2ccc(C)o2)cn1. The summed E-state index contributed by atoms with van der Waals surface area (Å²) in [4.78, 5) is 19.1. The Kier molecular flexibility index (Phi) is 3.57. The molecule has 2 aromatic rings. The summed E-state index contributed by atoms with van der Waals surface area (Å²) in [6, 6.07) is 3.73. The molecule has 0 unspecified atom stereocenters. The summed E-state index contributed by atoms with van der Waals surface area (Å²) in [7, 11) is 1.33. The Morgan fingerprint density at radius 2 is 2.11 bits per heavy atom. The van der Waals surface area contributed by atoms with Crippen LogP contribution in [0.15, 0.2) is 28.9 Å². The van der Waals surface area contributed by atoms with Crippen LogP contribution in [0.25, 0.3) is 11.3 Å². The van der Waals surface area contributed by atoms with Gasteiger partial charge in [-0.1, -0.05) is 0 Å². The van der Waals surface area contributed by atoms with E-state index in [0.717, 1.165) is 11.3 Å². The Hall–Kier alpha value is -2.37. The lowest BCUT2D eigenvalue weighted by molar-refractivity contribution is -0.138. The summed E-state index contributed by atoms with van der Waals surface area (Å²) in [6.45, 7) is 1.91. The number of furan rings is 1. The fourth-order valence-electron chi connectivity index (χ4n) is 1.36. The maximum Gasteiger partial charge on any atom is 0.325 e. The van der Waals surface area contributed by atoms with E-state index in [9.17, 15) is 4.79 Å². The number of carbonyl (C=O) groups is 1. The van der Waals surface area contributed by atoms with Gasteiger partial charge in [-0.05, 0) is 19.1 Å².